The first-order valence-electron chi connectivity index (χ1n) is 18.6. The van der Waals surface area contributed by atoms with Gasteiger partial charge >= 0.3 is 0 Å². The minimum atomic E-state index is 0.905. The van der Waals surface area contributed by atoms with E-state index in [0.717, 1.165) is 54.1 Å². The van der Waals surface area contributed by atoms with E-state index >= 15 is 0 Å². The highest BCUT2D eigenvalue weighted by atomic mass is 16.5. The fourth-order valence-corrected chi connectivity index (χ4v) is 8.22. The van der Waals surface area contributed by atoms with Gasteiger partial charge in [-0.25, -0.2) is 0 Å². The quantitative estimate of drug-likeness (QED) is 0.158. The fraction of sp³-hybridized carbons (Fsp3) is 0.0980. The molecule has 53 heavy (non-hydrogen) atoms. The summed E-state index contributed by atoms with van der Waals surface area (Å²) in [6, 6.07) is 59.4. The highest BCUT2D eigenvalue weighted by Gasteiger charge is 2.22. The molecule has 0 unspecified atom stereocenters. The van der Waals surface area contributed by atoms with Crippen molar-refractivity contribution in [2.45, 2.75) is 25.7 Å². The van der Waals surface area contributed by atoms with Crippen molar-refractivity contribution >= 4 is 34.8 Å². The minimum Gasteiger partial charge on any atom is -0.496 e. The van der Waals surface area contributed by atoms with E-state index in [2.05, 4.69) is 187 Å². The molecule has 0 saturated carbocycles. The van der Waals surface area contributed by atoms with Crippen molar-refractivity contribution in [3.8, 4) is 39.1 Å². The van der Waals surface area contributed by atoms with Crippen molar-refractivity contribution in [3.05, 3.63) is 198 Å². The van der Waals surface area contributed by atoms with Crippen LogP contribution in [-0.4, -0.2) is 7.11 Å². The molecule has 0 aromatic heterocycles. The zero-order valence-electron chi connectivity index (χ0n) is 30.0. The second kappa shape index (κ2) is 14.3. The first kappa shape index (κ1) is 32.5. The number of hydrogen-bond donors (Lipinski definition) is 0. The number of ether oxygens (including phenoxy) is 1. The monoisotopic (exact) mass is 683 g/mol. The Balaban J connectivity index is 1.11. The highest BCUT2D eigenvalue weighted by Crippen LogP contribution is 2.44. The molecular formula is C51H41NO. The molecule has 2 heteroatoms. The molecule has 0 heterocycles. The fourth-order valence-electron chi connectivity index (χ4n) is 8.22. The zero-order chi connectivity index (χ0) is 35.6. The Kier molecular flexibility index (Phi) is 8.79. The Labute approximate surface area is 313 Å². The van der Waals surface area contributed by atoms with Crippen LogP contribution < -0.4 is 9.64 Å². The van der Waals surface area contributed by atoms with Gasteiger partial charge in [-0.15, -0.1) is 0 Å². The topological polar surface area (TPSA) is 12.5 Å². The molecule has 7 aromatic carbocycles. The summed E-state index contributed by atoms with van der Waals surface area (Å²) in [6.45, 7) is 0. The molecule has 0 fully saturated rings. The van der Waals surface area contributed by atoms with Crippen LogP contribution in [-0.2, 0) is 12.8 Å². The van der Waals surface area contributed by atoms with E-state index in [4.69, 9.17) is 4.74 Å². The van der Waals surface area contributed by atoms with Gasteiger partial charge in [-0.2, -0.15) is 0 Å². The lowest BCUT2D eigenvalue weighted by atomic mass is 9.82. The Morgan fingerprint density at radius 2 is 1.19 bits per heavy atom. The third kappa shape index (κ3) is 6.27. The number of benzene rings is 7. The number of anilines is 3. The van der Waals surface area contributed by atoms with Gasteiger partial charge < -0.3 is 9.64 Å². The highest BCUT2D eigenvalue weighted by molar-refractivity contribution is 5.96. The van der Waals surface area contributed by atoms with Crippen molar-refractivity contribution in [1.82, 2.24) is 0 Å². The number of aryl methyl sites for hydroxylation is 1. The molecule has 2 aliphatic carbocycles. The molecule has 0 bridgehead atoms. The predicted molar refractivity (Wildman–Crippen MR) is 224 cm³/mol. The SMILES string of the molecule is COc1ccc2c(c1-c1ccccc1)C=C(c1ccccc1-c1cccc(N(c3ccccc3)c3ccc(-c4cccc5c4CCC=C5)cc3)c1)CC2. The third-order valence-corrected chi connectivity index (χ3v) is 10.8. The van der Waals surface area contributed by atoms with Gasteiger partial charge in [0.15, 0.2) is 0 Å². The third-order valence-electron chi connectivity index (χ3n) is 10.8. The van der Waals surface area contributed by atoms with E-state index < -0.39 is 0 Å². The summed E-state index contributed by atoms with van der Waals surface area (Å²) < 4.78 is 5.92. The number of para-hydroxylation sites is 1. The lowest BCUT2D eigenvalue weighted by molar-refractivity contribution is 0.416. The molecule has 0 atom stereocenters. The van der Waals surface area contributed by atoms with E-state index in [1.165, 1.54) is 61.2 Å². The van der Waals surface area contributed by atoms with Gasteiger partial charge in [0.25, 0.3) is 0 Å². The molecule has 256 valence electrons. The van der Waals surface area contributed by atoms with Gasteiger partial charge in [0, 0.05) is 22.6 Å². The molecule has 0 radical (unpaired) electrons. The molecular weight excluding hydrogens is 643 g/mol. The number of hydrogen-bond acceptors (Lipinski definition) is 2. The zero-order valence-corrected chi connectivity index (χ0v) is 30.0. The standard InChI is InChI=1S/C51H41NO/c1-53-50-33-30-38-26-27-41(35-49(38)51(50)39-15-4-2-5-16-39)48-24-11-10-23-47(48)40-18-12-21-44(34-40)52(42-19-6-3-7-20-42)43-31-28-37(29-32-43)46-25-13-17-36-14-8-9-22-45(36)46/h2-8,10-21,23-25,28-35H,9,22,26-27H2,1H3. The van der Waals surface area contributed by atoms with Crippen molar-refractivity contribution in [3.63, 3.8) is 0 Å². The molecule has 0 amide bonds. The minimum absolute atomic E-state index is 0.905. The van der Waals surface area contributed by atoms with Crippen LogP contribution in [0.15, 0.2) is 170 Å². The van der Waals surface area contributed by atoms with E-state index in [1.54, 1.807) is 7.11 Å². The van der Waals surface area contributed by atoms with Gasteiger partial charge in [-0.05, 0) is 129 Å². The van der Waals surface area contributed by atoms with Crippen LogP contribution in [0.25, 0.3) is 51.1 Å². The van der Waals surface area contributed by atoms with Crippen LogP contribution in [0.3, 0.4) is 0 Å². The molecule has 2 aliphatic rings. The van der Waals surface area contributed by atoms with Gasteiger partial charge in [0.2, 0.25) is 0 Å². The molecule has 0 aliphatic heterocycles. The second-order valence-corrected chi connectivity index (χ2v) is 13.9. The van der Waals surface area contributed by atoms with Crippen LogP contribution in [0.2, 0.25) is 0 Å². The maximum absolute atomic E-state index is 5.92. The maximum Gasteiger partial charge on any atom is 0.127 e. The lowest BCUT2D eigenvalue weighted by Gasteiger charge is -2.27. The molecule has 0 N–H and O–H groups in total. The van der Waals surface area contributed by atoms with E-state index in [1.807, 2.05) is 0 Å². The predicted octanol–water partition coefficient (Wildman–Crippen LogP) is 13.6. The molecule has 9 rings (SSSR count). The van der Waals surface area contributed by atoms with Crippen LogP contribution in [0.5, 0.6) is 5.75 Å². The average molecular weight is 684 g/mol. The van der Waals surface area contributed by atoms with Crippen LogP contribution >= 0.6 is 0 Å². The largest absolute Gasteiger partial charge is 0.496 e. The molecule has 2 nitrogen and oxygen atoms in total. The summed E-state index contributed by atoms with van der Waals surface area (Å²) in [5.41, 5.74) is 18.8. The summed E-state index contributed by atoms with van der Waals surface area (Å²) in [7, 11) is 1.77. The van der Waals surface area contributed by atoms with Crippen molar-refractivity contribution in [2.24, 2.45) is 0 Å². The van der Waals surface area contributed by atoms with Crippen molar-refractivity contribution < 1.29 is 4.74 Å². The van der Waals surface area contributed by atoms with Gasteiger partial charge in [0.1, 0.15) is 5.75 Å². The van der Waals surface area contributed by atoms with E-state index in [0.29, 0.717) is 0 Å². The second-order valence-electron chi connectivity index (χ2n) is 13.9. The summed E-state index contributed by atoms with van der Waals surface area (Å²) in [6.07, 6.45) is 11.1. The van der Waals surface area contributed by atoms with Gasteiger partial charge in [-0.3, -0.25) is 0 Å². The maximum atomic E-state index is 5.92. The van der Waals surface area contributed by atoms with Crippen molar-refractivity contribution in [1.29, 1.82) is 0 Å². The summed E-state index contributed by atoms with van der Waals surface area (Å²) in [5.74, 6) is 0.905. The van der Waals surface area contributed by atoms with E-state index in [-0.39, 0.29) is 0 Å². The molecule has 0 saturated heterocycles. The molecule has 7 aromatic rings. The smallest absolute Gasteiger partial charge is 0.127 e. The van der Waals surface area contributed by atoms with Crippen molar-refractivity contribution in [2.75, 3.05) is 12.0 Å². The van der Waals surface area contributed by atoms with Crippen LogP contribution in [0.1, 0.15) is 40.7 Å². The first-order chi connectivity index (χ1) is 26.2. The number of allylic oxidation sites excluding steroid dienone is 2. The summed E-state index contributed by atoms with van der Waals surface area (Å²) >= 11 is 0. The van der Waals surface area contributed by atoms with Crippen LogP contribution in [0, 0.1) is 0 Å². The van der Waals surface area contributed by atoms with Gasteiger partial charge in [-0.1, -0.05) is 140 Å². The Morgan fingerprint density at radius 1 is 0.509 bits per heavy atom. The van der Waals surface area contributed by atoms with E-state index in [9.17, 15) is 0 Å². The lowest BCUT2D eigenvalue weighted by Crippen LogP contribution is -2.10. The van der Waals surface area contributed by atoms with Crippen LogP contribution in [0.4, 0.5) is 17.1 Å². The number of methoxy groups -OCH3 is 1. The summed E-state index contributed by atoms with van der Waals surface area (Å²) in [5, 5.41) is 0. The number of rotatable bonds is 8. The van der Waals surface area contributed by atoms with Gasteiger partial charge in [0.05, 0.1) is 7.11 Å². The Morgan fingerprint density at radius 3 is 2.00 bits per heavy atom. The Hall–Kier alpha value is -6.38. The number of nitrogens with zero attached hydrogens (tertiary/aromatic N) is 1. The number of fused-ring (bicyclic) bond motifs is 2. The summed E-state index contributed by atoms with van der Waals surface area (Å²) in [4.78, 5) is 2.37. The molecule has 0 spiro atoms. The Bertz CT molecular complexity index is 2470. The average Bonchev–Trinajstić information content (AvgIpc) is 3.24. The first-order valence-corrected chi connectivity index (χ1v) is 18.6. The normalized spacial score (nSPS) is 13.1.